The molecule has 1 fully saturated rings. The van der Waals surface area contributed by atoms with Gasteiger partial charge in [-0.3, -0.25) is 0 Å². The number of piperidine rings is 1. The third-order valence-electron chi connectivity index (χ3n) is 4.24. The van der Waals surface area contributed by atoms with Crippen LogP contribution < -0.4 is 15.4 Å². The zero-order valence-electron chi connectivity index (χ0n) is 13.4. The van der Waals surface area contributed by atoms with Gasteiger partial charge in [0.15, 0.2) is 0 Å². The Kier molecular flexibility index (Phi) is 4.99. The summed E-state index contributed by atoms with van der Waals surface area (Å²) in [6.07, 6.45) is -3.21. The van der Waals surface area contributed by atoms with Crippen LogP contribution in [0, 0.1) is 0 Å². The number of rotatable bonds is 3. The summed E-state index contributed by atoms with van der Waals surface area (Å²) in [7, 11) is 0. The molecule has 7 heteroatoms. The van der Waals surface area contributed by atoms with Crippen molar-refractivity contribution in [3.05, 3.63) is 53.1 Å². The van der Waals surface area contributed by atoms with E-state index in [2.05, 4.69) is 0 Å². The summed E-state index contributed by atoms with van der Waals surface area (Å²) in [5.74, 6) is 0.546. The normalized spacial score (nSPS) is 16.1. The topological polar surface area (TPSA) is 38.5 Å². The van der Waals surface area contributed by atoms with Crippen LogP contribution in [0.4, 0.5) is 24.5 Å². The van der Waals surface area contributed by atoms with Crippen LogP contribution in [0.25, 0.3) is 0 Å². The smallest absolute Gasteiger partial charge is 0.418 e. The summed E-state index contributed by atoms with van der Waals surface area (Å²) >= 11 is 6.10. The minimum absolute atomic E-state index is 0.0876. The zero-order valence-corrected chi connectivity index (χ0v) is 14.1. The highest BCUT2D eigenvalue weighted by Crippen LogP contribution is 2.37. The molecule has 1 aliphatic heterocycles. The van der Waals surface area contributed by atoms with E-state index in [-0.39, 0.29) is 11.8 Å². The van der Waals surface area contributed by atoms with Crippen molar-refractivity contribution in [3.8, 4) is 5.75 Å². The summed E-state index contributed by atoms with van der Waals surface area (Å²) in [4.78, 5) is 1.76. The number of hydrogen-bond acceptors (Lipinski definition) is 3. The predicted molar refractivity (Wildman–Crippen MR) is 93.2 cm³/mol. The Morgan fingerprint density at radius 3 is 2.40 bits per heavy atom. The molecule has 3 rings (SSSR count). The van der Waals surface area contributed by atoms with Gasteiger partial charge in [-0.05, 0) is 30.3 Å². The first-order valence-corrected chi connectivity index (χ1v) is 8.35. The standard InChI is InChI=1S/C18H18ClF3N2O/c19-15-11-12(23)5-6-17(15)25-13-7-9-24(10-8-13)16-4-2-1-3-14(16)18(20,21)22/h1-6,11,13H,7-10,23H2. The van der Waals surface area contributed by atoms with E-state index in [4.69, 9.17) is 22.1 Å². The third-order valence-corrected chi connectivity index (χ3v) is 4.54. The molecule has 134 valence electrons. The number of nitrogens with two attached hydrogens (primary N) is 1. The maximum Gasteiger partial charge on any atom is 0.418 e. The first kappa shape index (κ1) is 17.7. The lowest BCUT2D eigenvalue weighted by molar-refractivity contribution is -0.137. The molecule has 0 amide bonds. The lowest BCUT2D eigenvalue weighted by Gasteiger charge is -2.35. The molecule has 0 saturated carbocycles. The Hall–Kier alpha value is -2.08. The molecule has 0 aliphatic carbocycles. The SMILES string of the molecule is Nc1ccc(OC2CCN(c3ccccc3C(F)(F)F)CC2)c(Cl)c1. The van der Waals surface area contributed by atoms with Crippen LogP contribution in [0.5, 0.6) is 5.75 Å². The number of ether oxygens (including phenoxy) is 1. The number of halogens is 4. The molecular weight excluding hydrogens is 353 g/mol. The van der Waals surface area contributed by atoms with E-state index < -0.39 is 11.7 Å². The molecule has 3 nitrogen and oxygen atoms in total. The molecule has 0 unspecified atom stereocenters. The molecule has 1 aliphatic rings. The maximum absolute atomic E-state index is 13.2. The zero-order chi connectivity index (χ0) is 18.0. The molecule has 2 N–H and O–H groups in total. The Balaban J connectivity index is 1.67. The van der Waals surface area contributed by atoms with Gasteiger partial charge < -0.3 is 15.4 Å². The van der Waals surface area contributed by atoms with Crippen molar-refractivity contribution in [2.45, 2.75) is 25.1 Å². The first-order chi connectivity index (χ1) is 11.8. The van der Waals surface area contributed by atoms with Crippen molar-refractivity contribution in [1.82, 2.24) is 0 Å². The maximum atomic E-state index is 13.2. The Bertz CT molecular complexity index is 743. The van der Waals surface area contributed by atoms with Crippen molar-refractivity contribution in [2.24, 2.45) is 0 Å². The largest absolute Gasteiger partial charge is 0.489 e. The van der Waals surface area contributed by atoms with Gasteiger partial charge in [0.1, 0.15) is 11.9 Å². The number of nitrogens with zero attached hydrogens (tertiary/aromatic N) is 1. The number of benzene rings is 2. The van der Waals surface area contributed by atoms with Gasteiger partial charge in [-0.2, -0.15) is 13.2 Å². The third kappa shape index (κ3) is 4.12. The van der Waals surface area contributed by atoms with Crippen LogP contribution in [0.2, 0.25) is 5.02 Å². The van der Waals surface area contributed by atoms with Crippen molar-refractivity contribution in [3.63, 3.8) is 0 Å². The van der Waals surface area contributed by atoms with Gasteiger partial charge in [0.05, 0.1) is 10.6 Å². The van der Waals surface area contributed by atoms with E-state index in [1.807, 2.05) is 0 Å². The fourth-order valence-corrected chi connectivity index (χ4v) is 3.23. The van der Waals surface area contributed by atoms with Gasteiger partial charge >= 0.3 is 6.18 Å². The first-order valence-electron chi connectivity index (χ1n) is 7.97. The van der Waals surface area contributed by atoms with E-state index in [9.17, 15) is 13.2 Å². The summed E-state index contributed by atoms with van der Waals surface area (Å²) in [5, 5.41) is 0.435. The Morgan fingerprint density at radius 1 is 1.08 bits per heavy atom. The van der Waals surface area contributed by atoms with Gasteiger partial charge in [0.25, 0.3) is 0 Å². The number of hydrogen-bond donors (Lipinski definition) is 1. The molecule has 2 aromatic carbocycles. The number of alkyl halides is 3. The van der Waals surface area contributed by atoms with Crippen molar-refractivity contribution >= 4 is 23.0 Å². The van der Waals surface area contributed by atoms with Crippen LogP contribution >= 0.6 is 11.6 Å². The minimum Gasteiger partial charge on any atom is -0.489 e. The fourth-order valence-electron chi connectivity index (χ4n) is 3.00. The average Bonchev–Trinajstić information content (AvgIpc) is 2.57. The summed E-state index contributed by atoms with van der Waals surface area (Å²) in [6.45, 7) is 0.981. The second kappa shape index (κ2) is 7.04. The van der Waals surface area contributed by atoms with Gasteiger partial charge in [-0.1, -0.05) is 23.7 Å². The molecule has 1 heterocycles. The lowest BCUT2D eigenvalue weighted by Crippen LogP contribution is -2.39. The molecule has 0 spiro atoms. The second-order valence-corrected chi connectivity index (χ2v) is 6.42. The van der Waals surface area contributed by atoms with Crippen LogP contribution in [-0.4, -0.2) is 19.2 Å². The Morgan fingerprint density at radius 2 is 1.76 bits per heavy atom. The second-order valence-electron chi connectivity index (χ2n) is 6.01. The van der Waals surface area contributed by atoms with Gasteiger partial charge in [0.2, 0.25) is 0 Å². The monoisotopic (exact) mass is 370 g/mol. The summed E-state index contributed by atoms with van der Waals surface area (Å²) in [6, 6.07) is 10.7. The molecule has 0 radical (unpaired) electrons. The lowest BCUT2D eigenvalue weighted by atomic mass is 10.0. The summed E-state index contributed by atoms with van der Waals surface area (Å²) < 4.78 is 45.4. The van der Waals surface area contributed by atoms with Crippen LogP contribution in [0.15, 0.2) is 42.5 Å². The molecule has 2 aromatic rings. The molecule has 0 aromatic heterocycles. The Labute approximate surface area is 149 Å². The minimum atomic E-state index is -4.36. The predicted octanol–water partition coefficient (Wildman–Crippen LogP) is 4.99. The fraction of sp³-hybridized carbons (Fsp3) is 0.333. The van der Waals surface area contributed by atoms with Crippen LogP contribution in [0.3, 0.4) is 0 Å². The van der Waals surface area contributed by atoms with Crippen molar-refractivity contribution < 1.29 is 17.9 Å². The molecule has 1 saturated heterocycles. The van der Waals surface area contributed by atoms with E-state index in [0.717, 1.165) is 6.07 Å². The molecule has 0 bridgehead atoms. The van der Waals surface area contributed by atoms with Gasteiger partial charge in [0, 0.05) is 37.3 Å². The molecular formula is C18H18ClF3N2O. The highest BCUT2D eigenvalue weighted by Gasteiger charge is 2.35. The van der Waals surface area contributed by atoms with Gasteiger partial charge in [-0.15, -0.1) is 0 Å². The highest BCUT2D eigenvalue weighted by molar-refractivity contribution is 6.32. The van der Waals surface area contributed by atoms with Gasteiger partial charge in [-0.25, -0.2) is 0 Å². The van der Waals surface area contributed by atoms with E-state index in [1.165, 1.54) is 12.1 Å². The molecule has 0 atom stereocenters. The van der Waals surface area contributed by atoms with Crippen LogP contribution in [0.1, 0.15) is 18.4 Å². The van der Waals surface area contributed by atoms with E-state index >= 15 is 0 Å². The van der Waals surface area contributed by atoms with Crippen molar-refractivity contribution in [1.29, 1.82) is 0 Å². The van der Waals surface area contributed by atoms with Crippen molar-refractivity contribution in [2.75, 3.05) is 23.7 Å². The number of anilines is 2. The average molecular weight is 371 g/mol. The van der Waals surface area contributed by atoms with Crippen LogP contribution in [-0.2, 0) is 6.18 Å². The number of nitrogen functional groups attached to an aromatic ring is 1. The highest BCUT2D eigenvalue weighted by atomic mass is 35.5. The van der Waals surface area contributed by atoms with E-state index in [0.29, 0.717) is 42.4 Å². The van der Waals surface area contributed by atoms with E-state index in [1.54, 1.807) is 29.2 Å². The molecule has 25 heavy (non-hydrogen) atoms. The number of para-hydroxylation sites is 1. The quantitative estimate of drug-likeness (QED) is 0.774. The summed E-state index contributed by atoms with van der Waals surface area (Å²) in [5.41, 5.74) is 5.83.